The molecule has 13 aromatic rings. The molecule has 0 aliphatic carbocycles. The summed E-state index contributed by atoms with van der Waals surface area (Å²) in [6, 6.07) is 77.3. The van der Waals surface area contributed by atoms with Gasteiger partial charge in [0.15, 0.2) is 5.82 Å². The van der Waals surface area contributed by atoms with Gasteiger partial charge < -0.3 is 0 Å². The number of nitrogens with zero attached hydrogens (tertiary/aromatic N) is 4. The second-order valence-corrected chi connectivity index (χ2v) is 16.6. The molecule has 4 heteroatoms. The minimum atomic E-state index is 0.701. The highest BCUT2D eigenvalue weighted by Gasteiger charge is 2.18. The van der Waals surface area contributed by atoms with Gasteiger partial charge in [0, 0.05) is 44.0 Å². The molecule has 0 fully saturated rings. The standard InChI is InChI=1S/C60H36N4/c1-3-11-38(12-4-1)53-36-54(64-60(63-53)44-13-5-2-6-14-44)46-18-10-17-45(35-46)37-21-25-42(26-22-37)58-57-50(47-19-7-8-20-51(47)61-58)33-29-43-30-34-52(62-59(43)57)48-31-27-41-24-23-39-15-9-16-40-28-32-49(48)56(41)55(39)40/h1-36H. The fourth-order valence-electron chi connectivity index (χ4n) is 9.69. The first kappa shape index (κ1) is 36.1. The highest BCUT2D eigenvalue weighted by molar-refractivity contribution is 6.26. The maximum absolute atomic E-state index is 5.55. The van der Waals surface area contributed by atoms with Crippen molar-refractivity contribution in [3.8, 4) is 67.5 Å². The first-order chi connectivity index (χ1) is 31.7. The normalized spacial score (nSPS) is 11.8. The molecule has 3 aromatic heterocycles. The molecule has 0 radical (unpaired) electrons. The Morgan fingerprint density at radius 2 is 0.859 bits per heavy atom. The molecule has 0 bridgehead atoms. The number of pyridine rings is 2. The lowest BCUT2D eigenvalue weighted by Crippen LogP contribution is -1.96. The van der Waals surface area contributed by atoms with Gasteiger partial charge in [-0.05, 0) is 73.1 Å². The van der Waals surface area contributed by atoms with Gasteiger partial charge in [-0.2, -0.15) is 0 Å². The summed E-state index contributed by atoms with van der Waals surface area (Å²) in [5.41, 5.74) is 13.0. The zero-order valence-corrected chi connectivity index (χ0v) is 34.6. The number of benzene rings is 10. The van der Waals surface area contributed by atoms with E-state index < -0.39 is 0 Å². The number of hydrogen-bond acceptors (Lipinski definition) is 4. The Bertz CT molecular complexity index is 3860. The monoisotopic (exact) mass is 812 g/mol. The second kappa shape index (κ2) is 14.5. The van der Waals surface area contributed by atoms with E-state index in [0.29, 0.717) is 5.82 Å². The Balaban J connectivity index is 0.937. The maximum Gasteiger partial charge on any atom is 0.160 e. The van der Waals surface area contributed by atoms with Gasteiger partial charge in [0.25, 0.3) is 0 Å². The van der Waals surface area contributed by atoms with Crippen LogP contribution in [0.2, 0.25) is 0 Å². The van der Waals surface area contributed by atoms with Gasteiger partial charge in [-0.15, -0.1) is 0 Å². The smallest absolute Gasteiger partial charge is 0.160 e. The van der Waals surface area contributed by atoms with Crippen molar-refractivity contribution in [1.82, 2.24) is 19.9 Å². The predicted molar refractivity (Wildman–Crippen MR) is 266 cm³/mol. The van der Waals surface area contributed by atoms with Crippen molar-refractivity contribution in [3.63, 3.8) is 0 Å². The number of fused-ring (bicyclic) bond motifs is 5. The molecular formula is C60H36N4. The van der Waals surface area contributed by atoms with Crippen LogP contribution in [-0.2, 0) is 0 Å². The molecule has 0 saturated carbocycles. The van der Waals surface area contributed by atoms with E-state index in [1.165, 1.54) is 32.3 Å². The van der Waals surface area contributed by atoms with Gasteiger partial charge in [-0.1, -0.05) is 194 Å². The van der Waals surface area contributed by atoms with E-state index in [0.717, 1.165) is 94.3 Å². The lowest BCUT2D eigenvalue weighted by molar-refractivity contribution is 1.18. The zero-order chi connectivity index (χ0) is 42.1. The summed E-state index contributed by atoms with van der Waals surface area (Å²) in [6.07, 6.45) is 0. The number of para-hydroxylation sites is 1. The second-order valence-electron chi connectivity index (χ2n) is 16.6. The molecule has 0 atom stereocenters. The third-order valence-electron chi connectivity index (χ3n) is 12.8. The lowest BCUT2D eigenvalue weighted by atomic mass is 9.91. The molecular weight excluding hydrogens is 777 g/mol. The Morgan fingerprint density at radius 1 is 0.266 bits per heavy atom. The van der Waals surface area contributed by atoms with Crippen molar-refractivity contribution in [3.05, 3.63) is 218 Å². The molecule has 0 spiro atoms. The molecule has 296 valence electrons. The molecule has 4 nitrogen and oxygen atoms in total. The van der Waals surface area contributed by atoms with Crippen molar-refractivity contribution in [2.75, 3.05) is 0 Å². The Kier molecular flexibility index (Phi) is 8.18. The molecule has 64 heavy (non-hydrogen) atoms. The molecule has 3 heterocycles. The predicted octanol–water partition coefficient (Wildman–Crippen LogP) is 15.6. The van der Waals surface area contributed by atoms with E-state index in [4.69, 9.17) is 19.9 Å². The fourth-order valence-corrected chi connectivity index (χ4v) is 9.69. The summed E-state index contributed by atoms with van der Waals surface area (Å²) < 4.78 is 0. The summed E-state index contributed by atoms with van der Waals surface area (Å²) >= 11 is 0. The van der Waals surface area contributed by atoms with Crippen molar-refractivity contribution >= 4 is 64.9 Å². The third-order valence-corrected chi connectivity index (χ3v) is 12.8. The number of rotatable bonds is 6. The largest absolute Gasteiger partial charge is 0.247 e. The highest BCUT2D eigenvalue weighted by Crippen LogP contribution is 2.42. The van der Waals surface area contributed by atoms with E-state index >= 15 is 0 Å². The summed E-state index contributed by atoms with van der Waals surface area (Å²) in [5.74, 6) is 0.701. The molecule has 0 N–H and O–H groups in total. The van der Waals surface area contributed by atoms with E-state index in [-0.39, 0.29) is 0 Å². The van der Waals surface area contributed by atoms with Crippen LogP contribution in [0.15, 0.2) is 218 Å². The van der Waals surface area contributed by atoms with Gasteiger partial charge in [-0.25, -0.2) is 19.9 Å². The Morgan fingerprint density at radius 3 is 1.67 bits per heavy atom. The third kappa shape index (κ3) is 5.92. The van der Waals surface area contributed by atoms with E-state index in [1.807, 2.05) is 36.4 Å². The van der Waals surface area contributed by atoms with Crippen LogP contribution in [0.1, 0.15) is 0 Å². The number of hydrogen-bond donors (Lipinski definition) is 0. The molecule has 0 aliphatic rings. The zero-order valence-electron chi connectivity index (χ0n) is 34.6. The average molecular weight is 813 g/mol. The topological polar surface area (TPSA) is 51.6 Å². The summed E-state index contributed by atoms with van der Waals surface area (Å²) in [5, 5.41) is 11.9. The van der Waals surface area contributed by atoms with Crippen LogP contribution in [0.25, 0.3) is 132 Å². The lowest BCUT2D eigenvalue weighted by Gasteiger charge is -2.15. The Labute approximate surface area is 369 Å². The van der Waals surface area contributed by atoms with Crippen LogP contribution in [0.4, 0.5) is 0 Å². The van der Waals surface area contributed by atoms with Gasteiger partial charge in [-0.3, -0.25) is 0 Å². The SMILES string of the molecule is c1ccc(-c2cc(-c3cccc(-c4ccc(-c5nc6ccccc6c6ccc7ccc(-c8ccc9ccc%10cccc%11ccc8c9c%10%11)nc7c56)cc4)c3)nc(-c3ccccc3)n2)cc1. The van der Waals surface area contributed by atoms with Crippen molar-refractivity contribution < 1.29 is 0 Å². The highest BCUT2D eigenvalue weighted by atomic mass is 14.9. The summed E-state index contributed by atoms with van der Waals surface area (Å²) in [4.78, 5) is 21.1. The maximum atomic E-state index is 5.55. The van der Waals surface area contributed by atoms with Crippen LogP contribution in [-0.4, -0.2) is 19.9 Å². The number of aromatic nitrogens is 4. The quantitative estimate of drug-likeness (QED) is 0.157. The van der Waals surface area contributed by atoms with E-state index in [1.54, 1.807) is 0 Å². The molecule has 10 aromatic carbocycles. The molecule has 0 unspecified atom stereocenters. The van der Waals surface area contributed by atoms with E-state index in [9.17, 15) is 0 Å². The van der Waals surface area contributed by atoms with Crippen LogP contribution in [0.3, 0.4) is 0 Å². The Hall–Kier alpha value is -8.60. The van der Waals surface area contributed by atoms with Crippen LogP contribution < -0.4 is 0 Å². The first-order valence-electron chi connectivity index (χ1n) is 21.7. The van der Waals surface area contributed by atoms with Gasteiger partial charge >= 0.3 is 0 Å². The van der Waals surface area contributed by atoms with Crippen LogP contribution in [0, 0.1) is 0 Å². The molecule has 0 amide bonds. The van der Waals surface area contributed by atoms with Crippen molar-refractivity contribution in [1.29, 1.82) is 0 Å². The molecule has 0 saturated heterocycles. The minimum absolute atomic E-state index is 0.701. The molecule has 13 rings (SSSR count). The van der Waals surface area contributed by atoms with Gasteiger partial charge in [0.05, 0.1) is 33.8 Å². The van der Waals surface area contributed by atoms with Gasteiger partial charge in [0.2, 0.25) is 0 Å². The fraction of sp³-hybridized carbons (Fsp3) is 0. The summed E-state index contributed by atoms with van der Waals surface area (Å²) in [7, 11) is 0. The van der Waals surface area contributed by atoms with E-state index in [2.05, 4.69) is 182 Å². The first-order valence-corrected chi connectivity index (χ1v) is 21.7. The van der Waals surface area contributed by atoms with Gasteiger partial charge in [0.1, 0.15) is 0 Å². The minimum Gasteiger partial charge on any atom is -0.247 e. The molecule has 0 aliphatic heterocycles. The van der Waals surface area contributed by atoms with Crippen molar-refractivity contribution in [2.45, 2.75) is 0 Å². The average Bonchev–Trinajstić information content (AvgIpc) is 3.38. The van der Waals surface area contributed by atoms with Crippen molar-refractivity contribution in [2.24, 2.45) is 0 Å². The summed E-state index contributed by atoms with van der Waals surface area (Å²) in [6.45, 7) is 0. The van der Waals surface area contributed by atoms with Crippen LogP contribution >= 0.6 is 0 Å². The van der Waals surface area contributed by atoms with Crippen LogP contribution in [0.5, 0.6) is 0 Å².